The molecule has 6 aromatic heterocycles. The molecule has 0 bridgehead atoms. The number of H-pyrrole nitrogens is 5. The number of likely N-dealkylation sites (N-methyl/N-ethyl adjacent to an activating group) is 1. The number of rotatable bonds is 8. The molecule has 32 heteroatoms. The van der Waals surface area contributed by atoms with E-state index in [0.29, 0.717) is 105 Å². The molecule has 0 radical (unpaired) electrons. The van der Waals surface area contributed by atoms with Gasteiger partial charge in [-0.25, -0.2) is 13.2 Å². The lowest BCUT2D eigenvalue weighted by Gasteiger charge is -2.37. The van der Waals surface area contributed by atoms with Gasteiger partial charge in [-0.1, -0.05) is 118 Å². The van der Waals surface area contributed by atoms with Gasteiger partial charge >= 0.3 is 0 Å². The summed E-state index contributed by atoms with van der Waals surface area (Å²) in [5, 5.41) is 5.43. The van der Waals surface area contributed by atoms with Gasteiger partial charge in [-0.15, -0.1) is 0 Å². The van der Waals surface area contributed by atoms with E-state index in [1.54, 1.807) is 9.80 Å². The first kappa shape index (κ1) is 95.0. The van der Waals surface area contributed by atoms with Crippen LogP contribution in [-0.4, -0.2) is 268 Å². The molecule has 0 saturated heterocycles. The van der Waals surface area contributed by atoms with Crippen molar-refractivity contribution in [3.63, 3.8) is 0 Å². The van der Waals surface area contributed by atoms with Gasteiger partial charge in [0, 0.05) is 229 Å². The van der Waals surface area contributed by atoms with Crippen LogP contribution in [-0.2, 0) is 65.0 Å². The molecule has 3 fully saturated rings. The van der Waals surface area contributed by atoms with Crippen LogP contribution >= 0.6 is 0 Å². The van der Waals surface area contributed by atoms with Gasteiger partial charge in [0.2, 0.25) is 23.6 Å². The second-order valence-electron chi connectivity index (χ2n) is 44.5. The molecule has 12 aliphatic heterocycles. The minimum absolute atomic E-state index is 0.00512. The first-order valence-electron chi connectivity index (χ1n) is 50.5. The molecular formula is C112H118F3N19O10. The van der Waals surface area contributed by atoms with Gasteiger partial charge in [0.05, 0.1) is 92.1 Å². The smallest absolute Gasteiger partial charge is 0.228 e. The van der Waals surface area contributed by atoms with Gasteiger partial charge in [0.15, 0.2) is 34.7 Å². The number of halogens is 3. The summed E-state index contributed by atoms with van der Waals surface area (Å²) in [4.78, 5) is 183. The number of hydrogen-bond donors (Lipinski definition) is 5. The maximum absolute atomic E-state index is 14.4. The lowest BCUT2D eigenvalue weighted by Crippen LogP contribution is -2.44. The van der Waals surface area contributed by atoms with Crippen molar-refractivity contribution in [1.29, 1.82) is 0 Å². The molecule has 742 valence electrons. The molecule has 29 nitrogen and oxygen atoms in total. The number of carbonyl (C=O) groups is 10. The fraction of sp³-hybridized carbons (Fsp3) is 0.429. The van der Waals surface area contributed by atoms with Crippen LogP contribution in [0, 0.1) is 45.5 Å². The van der Waals surface area contributed by atoms with E-state index in [4.69, 9.17) is 4.99 Å². The largest absolute Gasteiger partial charge is 0.357 e. The van der Waals surface area contributed by atoms with E-state index in [1.165, 1.54) is 91.0 Å². The molecule has 4 amide bonds. The number of aromatic nitrogens is 6. The van der Waals surface area contributed by atoms with E-state index in [0.717, 1.165) is 222 Å². The molecule has 0 spiro atoms. The summed E-state index contributed by atoms with van der Waals surface area (Å²) < 4.78 is 44.1. The van der Waals surface area contributed by atoms with Crippen LogP contribution in [0.3, 0.4) is 0 Å². The van der Waals surface area contributed by atoms with Crippen molar-refractivity contribution in [3.05, 3.63) is 209 Å². The Morgan fingerprint density at radius 2 is 0.708 bits per heavy atom. The normalized spacial score (nSPS) is 18.9. The van der Waals surface area contributed by atoms with E-state index < -0.39 is 28.3 Å². The van der Waals surface area contributed by atoms with Crippen molar-refractivity contribution in [1.82, 2.24) is 63.8 Å². The van der Waals surface area contributed by atoms with E-state index in [2.05, 4.69) is 102 Å². The zero-order valence-electron chi connectivity index (χ0n) is 83.3. The molecule has 18 heterocycles. The molecular weight excluding hydrogens is 1830 g/mol. The van der Waals surface area contributed by atoms with Crippen LogP contribution in [0.1, 0.15) is 256 Å². The monoisotopic (exact) mass is 1950 g/mol. The first-order valence-corrected chi connectivity index (χ1v) is 50.5. The van der Waals surface area contributed by atoms with Crippen LogP contribution in [0.4, 0.5) is 13.2 Å². The van der Waals surface area contributed by atoms with Crippen LogP contribution < -0.4 is 0 Å². The molecule has 12 aromatic rings. The molecule has 0 unspecified atom stereocenters. The fourth-order valence-corrected chi connectivity index (χ4v) is 23.2. The molecule has 3 aliphatic carbocycles. The number of carbonyl (C=O) groups excluding carboxylic acids is 10. The van der Waals surface area contributed by atoms with Crippen molar-refractivity contribution in [2.75, 3.05) is 106 Å². The third kappa shape index (κ3) is 17.6. The molecule has 0 atom stereocenters. The number of hydrogen-bond acceptors (Lipinski definition) is 19. The fourth-order valence-electron chi connectivity index (χ4n) is 23.2. The minimum Gasteiger partial charge on any atom is -0.357 e. The highest BCUT2D eigenvalue weighted by Gasteiger charge is 2.45. The molecule has 15 aliphatic rings. The highest BCUT2D eigenvalue weighted by atomic mass is 19.1. The molecule has 27 rings (SSSR count). The van der Waals surface area contributed by atoms with Gasteiger partial charge in [-0.3, -0.25) is 87.7 Å². The number of aromatic amines is 5. The lowest BCUT2D eigenvalue weighted by molar-refractivity contribution is -0.140. The second kappa shape index (κ2) is 36.5. The van der Waals surface area contributed by atoms with E-state index in [9.17, 15) is 61.1 Å². The van der Waals surface area contributed by atoms with E-state index in [1.807, 2.05) is 108 Å². The summed E-state index contributed by atoms with van der Waals surface area (Å²) in [7, 11) is 3.99. The Labute approximate surface area is 829 Å². The zero-order chi connectivity index (χ0) is 100. The van der Waals surface area contributed by atoms with Gasteiger partial charge in [-0.05, 0) is 126 Å². The van der Waals surface area contributed by atoms with Crippen molar-refractivity contribution < 1.29 is 61.1 Å². The Bertz CT molecular complexity index is 7770. The van der Waals surface area contributed by atoms with Gasteiger partial charge in [-0.2, -0.15) is 0 Å². The Morgan fingerprint density at radius 1 is 0.361 bits per heavy atom. The van der Waals surface area contributed by atoms with Crippen molar-refractivity contribution >= 4 is 158 Å². The number of Topliss-reactive ketones (excluding diaryl/α,β-unsaturated/α-hetero) is 6. The quantitative estimate of drug-likeness (QED) is 0.0945. The zero-order valence-corrected chi connectivity index (χ0v) is 83.3. The number of aliphatic imine (C=N–C) groups is 6. The Kier molecular flexibility index (Phi) is 24.1. The van der Waals surface area contributed by atoms with Crippen LogP contribution in [0.5, 0.6) is 0 Å². The summed E-state index contributed by atoms with van der Waals surface area (Å²) in [6.07, 6.45) is 11.6. The standard InChI is InChI=1S/C21H23FN4O2.C19H21N3O.C19H23N3O.C18H18FN3O2.C18H19N3O2.C17H14FN3O2/c1-24(2)5-6-26-16-8-13(22)7-14-18(27)9-23-15-10-25(21(28)12-3-4-12)11-17(26)20(15)19(14)16;23-17-9-20-15-10-22(12-5-2-1-3-6-12)11-16-19(15)18-13(17)7-4-8-14(18)21-16;1-19(2,3)7-8-22-10-14-18-15(11-22)21-13-6-4-5-12(17(13)18)16(23)9-20-14;1-18(2,3)17(24)22-7-12-16-13(8-22)21-11-5-9(19)4-10(15(11)16)14(23)6-20-12;1-18(2,3)17(23)21-8-12-16-13(9-21)20-11-6-4-5-10(15(11)16)14(22)7-19-12;18-9-3-10-14(22)5-19-12-6-21(17(23)8-1-2-8)7-13-16(12)15(10)11(4-9)20-13/h7-8,12H,3-6,9-11H2,1-2H3;4,7-8,12,21H,1-3,5-6,9-11H2;4-6,21H,7-11H2,1-3H3;4-5,21H,6-8H2,1-3H3;4-6,20H,7-9H2,1-3H3;3-4,8,20H,1-2,5-7H2. The predicted molar refractivity (Wildman–Crippen MR) is 549 cm³/mol. The van der Waals surface area contributed by atoms with Gasteiger partial charge in [0.1, 0.15) is 56.7 Å². The number of nitrogens with zero attached hydrogens (tertiary/aromatic N) is 14. The highest BCUT2D eigenvalue weighted by Crippen LogP contribution is 2.45. The van der Waals surface area contributed by atoms with Crippen LogP contribution in [0.2, 0.25) is 0 Å². The average molecular weight is 1950 g/mol. The molecule has 5 N–H and O–H groups in total. The number of ketones is 6. The van der Waals surface area contributed by atoms with Crippen LogP contribution in [0.25, 0.3) is 65.4 Å². The number of benzene rings is 6. The molecule has 3 saturated carbocycles. The predicted octanol–water partition coefficient (Wildman–Crippen LogP) is 16.1. The van der Waals surface area contributed by atoms with Gasteiger partial charge in [0.25, 0.3) is 0 Å². The molecule has 144 heavy (non-hydrogen) atoms. The Balaban J connectivity index is 0.0000000988. The lowest BCUT2D eigenvalue weighted by atomic mass is 9.91. The Morgan fingerprint density at radius 3 is 1.12 bits per heavy atom. The summed E-state index contributed by atoms with van der Waals surface area (Å²) in [5.41, 5.74) is 25.4. The summed E-state index contributed by atoms with van der Waals surface area (Å²) in [6, 6.07) is 26.6. The Hall–Kier alpha value is -13.9. The van der Waals surface area contributed by atoms with Crippen molar-refractivity contribution in [3.8, 4) is 0 Å². The first-order chi connectivity index (χ1) is 68.9. The third-order valence-corrected chi connectivity index (χ3v) is 30.4. The maximum atomic E-state index is 14.4. The third-order valence-electron chi connectivity index (χ3n) is 30.4. The summed E-state index contributed by atoms with van der Waals surface area (Å²) >= 11 is 0. The second-order valence-corrected chi connectivity index (χ2v) is 44.5. The maximum Gasteiger partial charge on any atom is 0.228 e. The summed E-state index contributed by atoms with van der Waals surface area (Å²) in [6.45, 7) is 28.7. The van der Waals surface area contributed by atoms with E-state index in [-0.39, 0.29) is 103 Å². The number of amides is 4. The van der Waals surface area contributed by atoms with E-state index >= 15 is 0 Å². The van der Waals surface area contributed by atoms with Crippen LogP contribution in [0.15, 0.2) is 121 Å². The number of nitrogens with one attached hydrogen (secondary N) is 5. The minimum atomic E-state index is -0.498. The summed E-state index contributed by atoms with van der Waals surface area (Å²) in [5.74, 6) is -0.832. The van der Waals surface area contributed by atoms with Crippen molar-refractivity contribution in [2.45, 2.75) is 178 Å². The average Bonchev–Trinajstić information content (AvgIpc) is 1.56. The van der Waals surface area contributed by atoms with Crippen molar-refractivity contribution in [2.24, 2.45) is 58.0 Å². The topological polar surface area (TPSA) is 351 Å². The highest BCUT2D eigenvalue weighted by molar-refractivity contribution is 6.29. The molecule has 6 aromatic carbocycles. The van der Waals surface area contributed by atoms with Gasteiger partial charge < -0.3 is 54.0 Å². The SMILES string of the molecule is CC(C)(C)C(=O)N1CC2=NCC(=O)c3cc(F)cc4[nH]c(c2c34)C1.CC(C)(C)C(=O)N1CC2=NCC(=O)c3cccc4[nH]c(c2c34)C1.CC(C)(C)CCN1CC2=NCC(=O)c3cccc4[nH]c(c2c34)C1.CN(C)CCn1c2c3c4c(cc(F)cc41)C(=O)CN=C3CN(C(=O)C1CC1)C2.O=C1CN=C2CN(C(=O)C3CC3)Cc3[nH]c4cc(F)cc1c4c32.O=C1CN=C2CN(C3CCCCC3)Cc3[nH]c4cccc1c4c32.